The molecule has 17 heavy (non-hydrogen) atoms. The molecule has 2 aromatic rings. The van der Waals surface area contributed by atoms with Crippen molar-refractivity contribution in [2.75, 3.05) is 5.32 Å². The number of hydrogen-bond donors (Lipinski definition) is 2. The predicted molar refractivity (Wildman–Crippen MR) is 59.9 cm³/mol. The molecule has 2 aromatic heterocycles. The predicted octanol–water partition coefficient (Wildman–Crippen LogP) is 1.61. The summed E-state index contributed by atoms with van der Waals surface area (Å²) in [6.07, 6.45) is 0. The monoisotopic (exact) mass is 233 g/mol. The van der Waals surface area contributed by atoms with Gasteiger partial charge >= 0.3 is 5.97 Å². The van der Waals surface area contributed by atoms with Crippen LogP contribution in [0.5, 0.6) is 0 Å². The Balaban J connectivity index is 2.24. The summed E-state index contributed by atoms with van der Waals surface area (Å²) in [7, 11) is 1.97. The minimum Gasteiger partial charge on any atom is -0.476 e. The molecule has 1 aliphatic rings. The van der Waals surface area contributed by atoms with Crippen molar-refractivity contribution in [3.05, 3.63) is 23.1 Å². The summed E-state index contributed by atoms with van der Waals surface area (Å²) in [6.45, 7) is 2.57. The largest absolute Gasteiger partial charge is 0.476 e. The Kier molecular flexibility index (Phi) is 1.83. The molecule has 1 aliphatic heterocycles. The lowest BCUT2D eigenvalue weighted by molar-refractivity contribution is 0.0686. The van der Waals surface area contributed by atoms with E-state index < -0.39 is 5.97 Å². The maximum absolute atomic E-state index is 11.0. The van der Waals surface area contributed by atoms with Crippen LogP contribution in [0.4, 0.5) is 5.69 Å². The molecule has 0 spiro atoms. The van der Waals surface area contributed by atoms with E-state index in [1.807, 2.05) is 24.6 Å². The van der Waals surface area contributed by atoms with Crippen LogP contribution < -0.4 is 5.32 Å². The lowest BCUT2D eigenvalue weighted by atomic mass is 10.1. The summed E-state index contributed by atoms with van der Waals surface area (Å²) in [6, 6.07) is 1.98. The molecule has 0 bridgehead atoms. The highest BCUT2D eigenvalue weighted by atomic mass is 16.5. The van der Waals surface area contributed by atoms with Gasteiger partial charge in [0.05, 0.1) is 6.54 Å². The van der Waals surface area contributed by atoms with Crippen LogP contribution in [0.15, 0.2) is 10.6 Å². The van der Waals surface area contributed by atoms with E-state index in [9.17, 15) is 4.79 Å². The van der Waals surface area contributed by atoms with Gasteiger partial charge in [0, 0.05) is 24.0 Å². The average Bonchev–Trinajstić information content (AvgIpc) is 2.82. The van der Waals surface area contributed by atoms with Crippen molar-refractivity contribution in [3.63, 3.8) is 0 Å². The average molecular weight is 233 g/mol. The fourth-order valence-electron chi connectivity index (χ4n) is 2.15. The minimum absolute atomic E-state index is 0.0628. The van der Waals surface area contributed by atoms with Gasteiger partial charge in [-0.1, -0.05) is 5.16 Å². The molecule has 3 rings (SSSR count). The Morgan fingerprint density at radius 3 is 3.12 bits per heavy atom. The number of nitrogens with zero attached hydrogens (tertiary/aromatic N) is 2. The van der Waals surface area contributed by atoms with E-state index in [0.29, 0.717) is 18.0 Å². The van der Waals surface area contributed by atoms with Gasteiger partial charge in [0.2, 0.25) is 5.69 Å². The number of aromatic nitrogens is 2. The van der Waals surface area contributed by atoms with Crippen LogP contribution in [0, 0.1) is 6.92 Å². The highest BCUT2D eigenvalue weighted by molar-refractivity contribution is 5.97. The highest BCUT2D eigenvalue weighted by Crippen LogP contribution is 2.38. The number of carboxylic acid groups (broad SMARTS) is 1. The van der Waals surface area contributed by atoms with Gasteiger partial charge in [-0.05, 0) is 13.0 Å². The van der Waals surface area contributed by atoms with E-state index in [1.165, 1.54) is 0 Å². The van der Waals surface area contributed by atoms with Crippen LogP contribution in [-0.2, 0) is 13.6 Å². The molecule has 88 valence electrons. The summed E-state index contributed by atoms with van der Waals surface area (Å²) >= 11 is 0. The van der Waals surface area contributed by atoms with Crippen molar-refractivity contribution in [2.45, 2.75) is 13.5 Å². The minimum atomic E-state index is -1.08. The molecule has 0 unspecified atom stereocenters. The topological polar surface area (TPSA) is 80.3 Å². The van der Waals surface area contributed by atoms with Crippen molar-refractivity contribution in [1.82, 2.24) is 9.72 Å². The lowest BCUT2D eigenvalue weighted by Crippen LogP contribution is -2.12. The first-order valence-electron chi connectivity index (χ1n) is 5.22. The molecule has 0 radical (unpaired) electrons. The van der Waals surface area contributed by atoms with E-state index in [4.69, 9.17) is 9.63 Å². The molecule has 6 heteroatoms. The molecule has 6 nitrogen and oxygen atoms in total. The summed E-state index contributed by atoms with van der Waals surface area (Å²) < 4.78 is 7.19. The lowest BCUT2D eigenvalue weighted by Gasteiger charge is -2.15. The SMILES string of the molecule is Cc1cc2c(n1C)CNc1c(C(=O)O)noc1-2. The van der Waals surface area contributed by atoms with Gasteiger partial charge in [-0.15, -0.1) is 0 Å². The van der Waals surface area contributed by atoms with Gasteiger partial charge in [-0.2, -0.15) is 0 Å². The number of rotatable bonds is 1. The van der Waals surface area contributed by atoms with Crippen molar-refractivity contribution in [2.24, 2.45) is 7.05 Å². The van der Waals surface area contributed by atoms with Crippen LogP contribution in [0.2, 0.25) is 0 Å². The van der Waals surface area contributed by atoms with Gasteiger partial charge in [0.15, 0.2) is 5.76 Å². The maximum atomic E-state index is 11.0. The van der Waals surface area contributed by atoms with Crippen molar-refractivity contribution >= 4 is 11.7 Å². The molecule has 0 aromatic carbocycles. The van der Waals surface area contributed by atoms with Crippen molar-refractivity contribution in [1.29, 1.82) is 0 Å². The maximum Gasteiger partial charge on any atom is 0.360 e. The van der Waals surface area contributed by atoms with Gasteiger partial charge in [0.25, 0.3) is 0 Å². The normalized spacial score (nSPS) is 12.8. The molecule has 0 saturated carbocycles. The van der Waals surface area contributed by atoms with Crippen LogP contribution in [-0.4, -0.2) is 20.8 Å². The third-order valence-electron chi connectivity index (χ3n) is 3.17. The molecule has 2 N–H and O–H groups in total. The standard InChI is InChI=1S/C11H11N3O3/c1-5-3-6-7(14(5)2)4-12-8-9(11(15)16)13-17-10(6)8/h3,12H,4H2,1-2H3,(H,15,16). The van der Waals surface area contributed by atoms with Crippen LogP contribution in [0.25, 0.3) is 11.3 Å². The second-order valence-electron chi connectivity index (χ2n) is 4.10. The van der Waals surface area contributed by atoms with Gasteiger partial charge < -0.3 is 19.5 Å². The molecule has 0 atom stereocenters. The van der Waals surface area contributed by atoms with Crippen LogP contribution in [0.3, 0.4) is 0 Å². The first-order chi connectivity index (χ1) is 8.09. The number of aryl methyl sites for hydroxylation is 1. The van der Waals surface area contributed by atoms with Crippen LogP contribution >= 0.6 is 0 Å². The Hall–Kier alpha value is -2.24. The van der Waals surface area contributed by atoms with Crippen molar-refractivity contribution < 1.29 is 14.4 Å². The second-order valence-corrected chi connectivity index (χ2v) is 4.10. The second kappa shape index (κ2) is 3.13. The molecular formula is C11H11N3O3. The number of carbonyl (C=O) groups is 1. The molecule has 0 amide bonds. The van der Waals surface area contributed by atoms with E-state index in [2.05, 4.69) is 10.5 Å². The molecule has 0 saturated heterocycles. The first kappa shape index (κ1) is 9.95. The molecule has 0 aliphatic carbocycles. The number of carboxylic acids is 1. The number of fused-ring (bicyclic) bond motifs is 3. The van der Waals surface area contributed by atoms with Crippen LogP contribution in [0.1, 0.15) is 21.9 Å². The van der Waals surface area contributed by atoms with E-state index in [-0.39, 0.29) is 5.69 Å². The van der Waals surface area contributed by atoms with E-state index in [1.54, 1.807) is 0 Å². The number of nitrogens with one attached hydrogen (secondary N) is 1. The van der Waals surface area contributed by atoms with Gasteiger partial charge in [0.1, 0.15) is 5.69 Å². The number of aromatic carboxylic acids is 1. The zero-order chi connectivity index (χ0) is 12.2. The van der Waals surface area contributed by atoms with E-state index >= 15 is 0 Å². The molecule has 3 heterocycles. The summed E-state index contributed by atoms with van der Waals surface area (Å²) in [4.78, 5) is 11.0. The van der Waals surface area contributed by atoms with Gasteiger partial charge in [-0.3, -0.25) is 0 Å². The highest BCUT2D eigenvalue weighted by Gasteiger charge is 2.29. The third-order valence-corrected chi connectivity index (χ3v) is 3.17. The zero-order valence-electron chi connectivity index (χ0n) is 9.44. The Labute approximate surface area is 96.8 Å². The Bertz CT molecular complexity index is 624. The third kappa shape index (κ3) is 1.20. The zero-order valence-corrected chi connectivity index (χ0v) is 9.44. The summed E-state index contributed by atoms with van der Waals surface area (Å²) in [5.41, 5.74) is 3.49. The van der Waals surface area contributed by atoms with Crippen molar-refractivity contribution in [3.8, 4) is 11.3 Å². The first-order valence-corrected chi connectivity index (χ1v) is 5.22. The smallest absolute Gasteiger partial charge is 0.360 e. The Morgan fingerprint density at radius 2 is 2.41 bits per heavy atom. The Morgan fingerprint density at radius 1 is 1.65 bits per heavy atom. The summed E-state index contributed by atoms with van der Waals surface area (Å²) in [5, 5.41) is 15.6. The fourth-order valence-corrected chi connectivity index (χ4v) is 2.15. The van der Waals surface area contributed by atoms with E-state index in [0.717, 1.165) is 17.0 Å². The number of hydrogen-bond acceptors (Lipinski definition) is 4. The van der Waals surface area contributed by atoms with Gasteiger partial charge in [-0.25, -0.2) is 4.79 Å². The number of anilines is 1. The fraction of sp³-hybridized carbons (Fsp3) is 0.273. The molecule has 0 fully saturated rings. The molecular weight excluding hydrogens is 222 g/mol. The summed E-state index contributed by atoms with van der Waals surface area (Å²) in [5.74, 6) is -0.578. The quantitative estimate of drug-likeness (QED) is 0.782.